The zero-order valence-electron chi connectivity index (χ0n) is 11.9. The molecule has 118 valence electrons. The quantitative estimate of drug-likeness (QED) is 0.876. The number of hydrogen-bond acceptors (Lipinski definition) is 3. The maximum atomic E-state index is 12.1. The number of nitrogens with one attached hydrogen (secondary N) is 1. The van der Waals surface area contributed by atoms with Crippen molar-refractivity contribution in [3.8, 4) is 0 Å². The van der Waals surface area contributed by atoms with Gasteiger partial charge in [-0.25, -0.2) is 0 Å². The number of halogens is 1. The van der Waals surface area contributed by atoms with Gasteiger partial charge in [-0.15, -0.1) is 0 Å². The smallest absolute Gasteiger partial charge is 0.308 e. The van der Waals surface area contributed by atoms with Gasteiger partial charge >= 0.3 is 5.97 Å². The van der Waals surface area contributed by atoms with Crippen molar-refractivity contribution in [2.45, 2.75) is 12.8 Å². The first-order valence-corrected chi connectivity index (χ1v) is 7.39. The largest absolute Gasteiger partial charge is 0.481 e. The second kappa shape index (κ2) is 7.26. The number of amides is 2. The minimum atomic E-state index is -0.888. The van der Waals surface area contributed by atoms with Crippen molar-refractivity contribution in [2.75, 3.05) is 19.6 Å². The van der Waals surface area contributed by atoms with Gasteiger partial charge in [-0.1, -0.05) is 17.7 Å². The molecule has 1 aliphatic rings. The van der Waals surface area contributed by atoms with Gasteiger partial charge < -0.3 is 15.3 Å². The minimum Gasteiger partial charge on any atom is -0.481 e. The van der Waals surface area contributed by atoms with Crippen LogP contribution >= 0.6 is 11.6 Å². The molecule has 1 fully saturated rings. The Morgan fingerprint density at radius 3 is 2.82 bits per heavy atom. The lowest BCUT2D eigenvalue weighted by atomic mass is 9.98. The summed E-state index contributed by atoms with van der Waals surface area (Å²) in [5.41, 5.74) is 0.377. The van der Waals surface area contributed by atoms with Crippen LogP contribution in [-0.2, 0) is 9.59 Å². The molecule has 2 N–H and O–H groups in total. The molecule has 0 aromatic heterocycles. The van der Waals surface area contributed by atoms with E-state index in [2.05, 4.69) is 5.32 Å². The molecule has 1 aromatic carbocycles. The molecule has 1 heterocycles. The molecule has 0 spiro atoms. The van der Waals surface area contributed by atoms with E-state index in [1.165, 1.54) is 11.0 Å². The number of carboxylic acids is 1. The van der Waals surface area contributed by atoms with E-state index in [9.17, 15) is 14.4 Å². The second-order valence-corrected chi connectivity index (χ2v) is 5.65. The topological polar surface area (TPSA) is 86.7 Å². The Labute approximate surface area is 133 Å². The van der Waals surface area contributed by atoms with Crippen molar-refractivity contribution >= 4 is 29.4 Å². The molecule has 2 rings (SSSR count). The number of benzene rings is 1. The number of rotatable bonds is 4. The van der Waals surface area contributed by atoms with Crippen molar-refractivity contribution in [3.05, 3.63) is 34.9 Å². The number of piperidine rings is 1. The number of aliphatic carboxylic acids is 1. The van der Waals surface area contributed by atoms with Crippen LogP contribution < -0.4 is 5.32 Å². The van der Waals surface area contributed by atoms with Gasteiger partial charge in [0.05, 0.1) is 12.5 Å². The van der Waals surface area contributed by atoms with E-state index in [0.717, 1.165) is 0 Å². The summed E-state index contributed by atoms with van der Waals surface area (Å²) >= 11 is 5.81. The summed E-state index contributed by atoms with van der Waals surface area (Å²) in [6.07, 6.45) is 1.24. The molecule has 0 saturated carbocycles. The Kier molecular flexibility index (Phi) is 5.38. The number of hydrogen-bond donors (Lipinski definition) is 2. The average Bonchev–Trinajstić information content (AvgIpc) is 2.52. The van der Waals surface area contributed by atoms with Crippen LogP contribution in [0.2, 0.25) is 5.02 Å². The van der Waals surface area contributed by atoms with Crippen molar-refractivity contribution in [3.63, 3.8) is 0 Å². The van der Waals surface area contributed by atoms with Crippen molar-refractivity contribution in [2.24, 2.45) is 5.92 Å². The zero-order chi connectivity index (χ0) is 16.1. The van der Waals surface area contributed by atoms with Gasteiger partial charge in [0.25, 0.3) is 5.91 Å². The molecule has 0 bridgehead atoms. The number of carboxylic acid groups (broad SMARTS) is 1. The van der Waals surface area contributed by atoms with Crippen LogP contribution in [0.1, 0.15) is 23.2 Å². The summed E-state index contributed by atoms with van der Waals surface area (Å²) < 4.78 is 0. The molecular formula is C15H17ClN2O4. The molecule has 0 radical (unpaired) electrons. The Hall–Kier alpha value is -2.08. The predicted molar refractivity (Wildman–Crippen MR) is 80.7 cm³/mol. The summed E-state index contributed by atoms with van der Waals surface area (Å²) in [7, 11) is 0. The summed E-state index contributed by atoms with van der Waals surface area (Å²) in [6.45, 7) is 0.564. The third-order valence-electron chi connectivity index (χ3n) is 3.61. The molecule has 2 amide bonds. The fraction of sp³-hybridized carbons (Fsp3) is 0.400. The number of nitrogens with zero attached hydrogens (tertiary/aromatic N) is 1. The van der Waals surface area contributed by atoms with Crippen molar-refractivity contribution in [1.82, 2.24) is 10.2 Å². The van der Waals surface area contributed by atoms with Crippen LogP contribution in [0.3, 0.4) is 0 Å². The molecule has 1 aromatic rings. The molecule has 0 aliphatic carbocycles. The van der Waals surface area contributed by atoms with Crippen LogP contribution in [0.5, 0.6) is 0 Å². The fourth-order valence-electron chi connectivity index (χ4n) is 2.40. The highest BCUT2D eigenvalue weighted by Crippen LogP contribution is 2.16. The Balaban J connectivity index is 1.87. The lowest BCUT2D eigenvalue weighted by Crippen LogP contribution is -2.46. The van der Waals surface area contributed by atoms with Gasteiger partial charge in [0.15, 0.2) is 0 Å². The Morgan fingerprint density at radius 1 is 1.36 bits per heavy atom. The summed E-state index contributed by atoms with van der Waals surface area (Å²) in [4.78, 5) is 36.5. The molecule has 1 aliphatic heterocycles. The predicted octanol–water partition coefficient (Wildman–Crippen LogP) is 1.39. The monoisotopic (exact) mass is 324 g/mol. The van der Waals surface area contributed by atoms with Gasteiger partial charge in [-0.3, -0.25) is 14.4 Å². The minimum absolute atomic E-state index is 0.155. The number of carbonyl (C=O) groups is 3. The standard InChI is InChI=1S/C15H17ClN2O4/c16-12-5-1-3-10(7-12)14(20)17-8-13(19)18-6-2-4-11(9-18)15(21)22/h1,3,5,7,11H,2,4,6,8-9H2,(H,17,20)(H,21,22). The van der Waals surface area contributed by atoms with Crippen molar-refractivity contribution in [1.29, 1.82) is 0 Å². The molecule has 22 heavy (non-hydrogen) atoms. The first-order valence-electron chi connectivity index (χ1n) is 7.01. The van der Waals surface area contributed by atoms with Crippen molar-refractivity contribution < 1.29 is 19.5 Å². The normalized spacial score (nSPS) is 17.9. The van der Waals surface area contributed by atoms with Crippen LogP contribution in [0.4, 0.5) is 0 Å². The summed E-state index contributed by atoms with van der Waals surface area (Å²) in [5.74, 6) is -2.08. The van der Waals surface area contributed by atoms with Gasteiger partial charge in [0.1, 0.15) is 0 Å². The fourth-order valence-corrected chi connectivity index (χ4v) is 2.60. The number of carbonyl (C=O) groups excluding carboxylic acids is 2. The maximum absolute atomic E-state index is 12.1. The van der Waals surface area contributed by atoms with E-state index in [1.54, 1.807) is 18.2 Å². The van der Waals surface area contributed by atoms with E-state index in [4.69, 9.17) is 16.7 Å². The van der Waals surface area contributed by atoms with Gasteiger partial charge in [-0.05, 0) is 31.0 Å². The summed E-state index contributed by atoms with van der Waals surface area (Å²) in [6, 6.07) is 6.43. The Bertz CT molecular complexity index is 591. The number of likely N-dealkylation sites (tertiary alicyclic amines) is 1. The third kappa shape index (κ3) is 4.21. The van der Waals surface area contributed by atoms with Crippen LogP contribution in [0, 0.1) is 5.92 Å². The molecule has 7 heteroatoms. The molecular weight excluding hydrogens is 308 g/mol. The Morgan fingerprint density at radius 2 is 2.14 bits per heavy atom. The molecule has 1 atom stereocenters. The van der Waals surface area contributed by atoms with E-state index in [-0.39, 0.29) is 24.9 Å². The second-order valence-electron chi connectivity index (χ2n) is 5.21. The molecule has 1 saturated heterocycles. The highest BCUT2D eigenvalue weighted by Gasteiger charge is 2.28. The summed E-state index contributed by atoms with van der Waals surface area (Å²) in [5, 5.41) is 12.0. The van der Waals surface area contributed by atoms with Crippen LogP contribution in [0.15, 0.2) is 24.3 Å². The third-order valence-corrected chi connectivity index (χ3v) is 3.85. The van der Waals surface area contributed by atoms with E-state index in [1.807, 2.05) is 0 Å². The van der Waals surface area contributed by atoms with E-state index < -0.39 is 11.9 Å². The zero-order valence-corrected chi connectivity index (χ0v) is 12.7. The SMILES string of the molecule is O=C(NCC(=O)N1CCCC(C(=O)O)C1)c1cccc(Cl)c1. The van der Waals surface area contributed by atoms with E-state index in [0.29, 0.717) is 30.0 Å². The average molecular weight is 325 g/mol. The highest BCUT2D eigenvalue weighted by molar-refractivity contribution is 6.30. The lowest BCUT2D eigenvalue weighted by Gasteiger charge is -2.30. The first-order chi connectivity index (χ1) is 10.5. The first kappa shape index (κ1) is 16.3. The van der Waals surface area contributed by atoms with Gasteiger partial charge in [0, 0.05) is 23.7 Å². The highest BCUT2D eigenvalue weighted by atomic mass is 35.5. The maximum Gasteiger partial charge on any atom is 0.308 e. The van der Waals surface area contributed by atoms with Gasteiger partial charge in [0.2, 0.25) is 5.91 Å². The van der Waals surface area contributed by atoms with Crippen LogP contribution in [-0.4, -0.2) is 47.4 Å². The molecule has 6 nitrogen and oxygen atoms in total. The molecule has 1 unspecified atom stereocenters. The van der Waals surface area contributed by atoms with Crippen LogP contribution in [0.25, 0.3) is 0 Å². The van der Waals surface area contributed by atoms with Gasteiger partial charge in [-0.2, -0.15) is 0 Å². The van der Waals surface area contributed by atoms with E-state index >= 15 is 0 Å². The lowest BCUT2D eigenvalue weighted by molar-refractivity contribution is -0.145.